The van der Waals surface area contributed by atoms with Gasteiger partial charge in [-0.15, -0.1) is 0 Å². The van der Waals surface area contributed by atoms with E-state index in [4.69, 9.17) is 11.5 Å². The monoisotopic (exact) mass is 284 g/mol. The molecule has 4 N–H and O–H groups in total. The maximum absolute atomic E-state index is 11.6. The summed E-state index contributed by atoms with van der Waals surface area (Å²) in [7, 11) is 4.18. The van der Waals surface area contributed by atoms with E-state index in [0.717, 1.165) is 38.9 Å². The van der Waals surface area contributed by atoms with Crippen LogP contribution in [0.1, 0.15) is 39.5 Å². The van der Waals surface area contributed by atoms with Gasteiger partial charge in [0.1, 0.15) is 0 Å². The molecule has 0 aromatic carbocycles. The first-order valence-corrected chi connectivity index (χ1v) is 7.72. The predicted molar refractivity (Wildman–Crippen MR) is 83.3 cm³/mol. The third-order valence-electron chi connectivity index (χ3n) is 4.20. The summed E-state index contributed by atoms with van der Waals surface area (Å²) < 4.78 is 0. The van der Waals surface area contributed by atoms with E-state index in [0.29, 0.717) is 18.4 Å². The normalized spacial score (nSPS) is 27.5. The first kappa shape index (κ1) is 17.4. The Labute approximate surface area is 123 Å². The van der Waals surface area contributed by atoms with Crippen LogP contribution >= 0.6 is 0 Å². The van der Waals surface area contributed by atoms with Crippen LogP contribution in [0, 0.1) is 5.92 Å². The van der Waals surface area contributed by atoms with Crippen LogP contribution < -0.4 is 11.5 Å². The molecule has 0 spiro atoms. The third kappa shape index (κ3) is 5.04. The number of primary amides is 1. The molecular formula is C15H32N4O. The van der Waals surface area contributed by atoms with Crippen LogP contribution in [0.5, 0.6) is 0 Å². The Bertz CT molecular complexity index is 319. The van der Waals surface area contributed by atoms with Crippen molar-refractivity contribution in [3.05, 3.63) is 0 Å². The summed E-state index contributed by atoms with van der Waals surface area (Å²) in [5, 5.41) is 0. The zero-order valence-corrected chi connectivity index (χ0v) is 13.6. The number of carbonyl (C=O) groups excluding carboxylic acids is 1. The van der Waals surface area contributed by atoms with Crippen LogP contribution in [0.25, 0.3) is 0 Å². The average molecular weight is 284 g/mol. The van der Waals surface area contributed by atoms with E-state index in [9.17, 15) is 4.79 Å². The molecule has 0 radical (unpaired) electrons. The fourth-order valence-corrected chi connectivity index (χ4v) is 3.03. The SMILES string of the molecule is CC(C)CN(CCN(C)C)C1CCCC(N)(C(N)=O)C1. The third-order valence-corrected chi connectivity index (χ3v) is 4.20. The van der Waals surface area contributed by atoms with E-state index < -0.39 is 5.54 Å². The Morgan fingerprint density at radius 3 is 2.50 bits per heavy atom. The van der Waals surface area contributed by atoms with E-state index >= 15 is 0 Å². The molecule has 0 aliphatic heterocycles. The van der Waals surface area contributed by atoms with E-state index in [1.165, 1.54) is 0 Å². The lowest BCUT2D eigenvalue weighted by Crippen LogP contribution is -2.58. The number of nitrogens with two attached hydrogens (primary N) is 2. The zero-order chi connectivity index (χ0) is 15.3. The molecule has 5 heteroatoms. The number of rotatable bonds is 7. The van der Waals surface area contributed by atoms with Crippen LogP contribution in [0.4, 0.5) is 0 Å². The van der Waals surface area contributed by atoms with Gasteiger partial charge in [0.2, 0.25) is 5.91 Å². The topological polar surface area (TPSA) is 75.6 Å². The molecule has 5 nitrogen and oxygen atoms in total. The Hall–Kier alpha value is -0.650. The largest absolute Gasteiger partial charge is 0.368 e. The van der Waals surface area contributed by atoms with Crippen molar-refractivity contribution in [2.75, 3.05) is 33.7 Å². The first-order valence-electron chi connectivity index (χ1n) is 7.72. The second-order valence-corrected chi connectivity index (χ2v) is 6.96. The van der Waals surface area contributed by atoms with E-state index in [1.807, 2.05) is 0 Å². The lowest BCUT2D eigenvalue weighted by molar-refractivity contribution is -0.125. The molecule has 2 unspecified atom stereocenters. The van der Waals surface area contributed by atoms with Gasteiger partial charge in [0.15, 0.2) is 0 Å². The van der Waals surface area contributed by atoms with Gasteiger partial charge in [-0.05, 0) is 45.7 Å². The van der Waals surface area contributed by atoms with Crippen LogP contribution in [0.3, 0.4) is 0 Å². The number of nitrogens with zero attached hydrogens (tertiary/aromatic N) is 2. The van der Waals surface area contributed by atoms with Gasteiger partial charge in [-0.3, -0.25) is 9.69 Å². The lowest BCUT2D eigenvalue weighted by atomic mass is 9.78. The van der Waals surface area contributed by atoms with Crippen molar-refractivity contribution >= 4 is 5.91 Å². The highest BCUT2D eigenvalue weighted by molar-refractivity contribution is 5.84. The molecule has 118 valence electrons. The molecule has 20 heavy (non-hydrogen) atoms. The average Bonchev–Trinajstić information content (AvgIpc) is 2.33. The summed E-state index contributed by atoms with van der Waals surface area (Å²) in [6.45, 7) is 7.56. The molecule has 1 aliphatic carbocycles. The van der Waals surface area contributed by atoms with Gasteiger partial charge >= 0.3 is 0 Å². The van der Waals surface area contributed by atoms with Gasteiger partial charge in [0.25, 0.3) is 0 Å². The molecule has 1 fully saturated rings. The van der Waals surface area contributed by atoms with Crippen LogP contribution in [-0.2, 0) is 4.79 Å². The number of hydrogen-bond acceptors (Lipinski definition) is 4. The number of carbonyl (C=O) groups is 1. The first-order chi connectivity index (χ1) is 9.24. The minimum Gasteiger partial charge on any atom is -0.368 e. The molecule has 1 rings (SSSR count). The summed E-state index contributed by atoms with van der Waals surface area (Å²) in [5.74, 6) is 0.263. The lowest BCUT2D eigenvalue weighted by Gasteiger charge is -2.42. The smallest absolute Gasteiger partial charge is 0.237 e. The van der Waals surface area contributed by atoms with E-state index in [-0.39, 0.29) is 5.91 Å². The summed E-state index contributed by atoms with van der Waals surface area (Å²) in [6.07, 6.45) is 3.53. The fourth-order valence-electron chi connectivity index (χ4n) is 3.03. The van der Waals surface area contributed by atoms with Crippen molar-refractivity contribution in [1.82, 2.24) is 9.80 Å². The van der Waals surface area contributed by atoms with Gasteiger partial charge in [-0.1, -0.05) is 13.8 Å². The fraction of sp³-hybridized carbons (Fsp3) is 0.933. The van der Waals surface area contributed by atoms with Crippen molar-refractivity contribution in [2.45, 2.75) is 51.1 Å². The molecule has 0 saturated heterocycles. The highest BCUT2D eigenvalue weighted by atomic mass is 16.1. The maximum atomic E-state index is 11.6. The van der Waals surface area contributed by atoms with E-state index in [1.54, 1.807) is 0 Å². The summed E-state index contributed by atoms with van der Waals surface area (Å²) in [4.78, 5) is 16.3. The van der Waals surface area contributed by atoms with Crippen LogP contribution in [0.2, 0.25) is 0 Å². The molecule has 1 aliphatic rings. The number of likely N-dealkylation sites (N-methyl/N-ethyl adjacent to an activating group) is 1. The van der Waals surface area contributed by atoms with Crippen LogP contribution in [-0.4, -0.2) is 61.0 Å². The molecule has 1 saturated carbocycles. The molecule has 1 amide bonds. The van der Waals surface area contributed by atoms with Crippen molar-refractivity contribution < 1.29 is 4.79 Å². The summed E-state index contributed by atoms with van der Waals surface area (Å²) >= 11 is 0. The molecule has 0 aromatic rings. The van der Waals surface area contributed by atoms with Gasteiger partial charge in [-0.25, -0.2) is 0 Å². The zero-order valence-electron chi connectivity index (χ0n) is 13.6. The molecule has 0 aromatic heterocycles. The highest BCUT2D eigenvalue weighted by Gasteiger charge is 2.39. The highest BCUT2D eigenvalue weighted by Crippen LogP contribution is 2.29. The number of hydrogen-bond donors (Lipinski definition) is 2. The standard InChI is InChI=1S/C15H32N4O/c1-12(2)11-19(9-8-18(3)4)13-6-5-7-15(17,10-13)14(16)20/h12-13H,5-11,17H2,1-4H3,(H2,16,20). The second-order valence-electron chi connectivity index (χ2n) is 6.96. The minimum atomic E-state index is -0.809. The Balaban J connectivity index is 2.71. The summed E-state index contributed by atoms with van der Waals surface area (Å²) in [6, 6.07) is 0.378. The quantitative estimate of drug-likeness (QED) is 0.719. The molecular weight excluding hydrogens is 252 g/mol. The van der Waals surface area contributed by atoms with Gasteiger partial charge in [-0.2, -0.15) is 0 Å². The minimum absolute atomic E-state index is 0.348. The predicted octanol–water partition coefficient (Wildman–Crippen LogP) is 0.631. The second kappa shape index (κ2) is 7.38. The number of amides is 1. The van der Waals surface area contributed by atoms with Gasteiger partial charge < -0.3 is 16.4 Å². The summed E-state index contributed by atoms with van der Waals surface area (Å²) in [5.41, 5.74) is 10.9. The van der Waals surface area contributed by atoms with Gasteiger partial charge in [0.05, 0.1) is 5.54 Å². The maximum Gasteiger partial charge on any atom is 0.237 e. The molecule has 0 heterocycles. The molecule has 0 bridgehead atoms. The van der Waals surface area contributed by atoms with Gasteiger partial charge in [0, 0.05) is 25.7 Å². The van der Waals surface area contributed by atoms with Crippen molar-refractivity contribution in [3.63, 3.8) is 0 Å². The Kier molecular flexibility index (Phi) is 6.43. The Morgan fingerprint density at radius 1 is 1.35 bits per heavy atom. The Morgan fingerprint density at radius 2 is 2.00 bits per heavy atom. The van der Waals surface area contributed by atoms with E-state index in [2.05, 4.69) is 37.7 Å². The van der Waals surface area contributed by atoms with Crippen molar-refractivity contribution in [2.24, 2.45) is 17.4 Å². The van der Waals surface area contributed by atoms with Crippen molar-refractivity contribution in [3.8, 4) is 0 Å². The van der Waals surface area contributed by atoms with Crippen LogP contribution in [0.15, 0.2) is 0 Å². The molecule has 2 atom stereocenters. The van der Waals surface area contributed by atoms with Crippen molar-refractivity contribution in [1.29, 1.82) is 0 Å².